The van der Waals surface area contributed by atoms with Crippen molar-refractivity contribution in [3.8, 4) is 17.2 Å². The van der Waals surface area contributed by atoms with Crippen molar-refractivity contribution >= 4 is 11.6 Å². The molecule has 0 spiro atoms. The molecule has 4 rings (SSSR count). The molecule has 1 fully saturated rings. The van der Waals surface area contributed by atoms with Gasteiger partial charge in [-0.05, 0) is 36.2 Å². The van der Waals surface area contributed by atoms with E-state index in [9.17, 15) is 4.79 Å². The number of likely N-dealkylation sites (tertiary alicyclic amines) is 1. The minimum Gasteiger partial charge on any atom is -0.489 e. The van der Waals surface area contributed by atoms with Crippen LogP contribution < -0.4 is 19.5 Å². The lowest BCUT2D eigenvalue weighted by atomic mass is 10.2. The lowest BCUT2D eigenvalue weighted by Crippen LogP contribution is -2.30. The van der Waals surface area contributed by atoms with Crippen molar-refractivity contribution in [1.29, 1.82) is 0 Å². The highest BCUT2D eigenvalue weighted by Crippen LogP contribution is 2.35. The molecule has 0 radical (unpaired) electrons. The van der Waals surface area contributed by atoms with E-state index in [2.05, 4.69) is 5.32 Å². The zero-order valence-electron chi connectivity index (χ0n) is 14.0. The van der Waals surface area contributed by atoms with Gasteiger partial charge in [0.05, 0.1) is 0 Å². The Morgan fingerprint density at radius 3 is 2.92 bits per heavy atom. The van der Waals surface area contributed by atoms with Crippen LogP contribution in [0.5, 0.6) is 17.2 Å². The molecule has 6 nitrogen and oxygen atoms in total. The summed E-state index contributed by atoms with van der Waals surface area (Å²) in [5.74, 6) is 2.32. The van der Waals surface area contributed by atoms with Crippen molar-refractivity contribution in [2.45, 2.75) is 19.1 Å². The first-order valence-corrected chi connectivity index (χ1v) is 8.32. The number of fused-ring (bicyclic) bond motifs is 1. The van der Waals surface area contributed by atoms with Crippen LogP contribution in [-0.2, 0) is 11.4 Å². The second-order valence-corrected chi connectivity index (χ2v) is 6.25. The monoisotopic (exact) mass is 340 g/mol. The zero-order valence-corrected chi connectivity index (χ0v) is 14.0. The van der Waals surface area contributed by atoms with Gasteiger partial charge in [0.1, 0.15) is 18.4 Å². The fourth-order valence-corrected chi connectivity index (χ4v) is 3.04. The Morgan fingerprint density at radius 1 is 1.20 bits per heavy atom. The standard InChI is InChI=1S/C19H20N2O4/c1-21-8-7-16(19(21)22)20-14-4-2-3-13(9-14)11-23-15-5-6-17-18(10-15)25-12-24-17/h2-6,9-10,16,20H,7-8,11-12H2,1H3. The second-order valence-electron chi connectivity index (χ2n) is 6.25. The molecule has 6 heteroatoms. The summed E-state index contributed by atoms with van der Waals surface area (Å²) in [5.41, 5.74) is 1.96. The Hall–Kier alpha value is -2.89. The topological polar surface area (TPSA) is 60.0 Å². The summed E-state index contributed by atoms with van der Waals surface area (Å²) in [4.78, 5) is 13.8. The molecule has 1 amide bonds. The average Bonchev–Trinajstić information content (AvgIpc) is 3.22. The predicted molar refractivity (Wildman–Crippen MR) is 93.0 cm³/mol. The SMILES string of the molecule is CN1CCC(Nc2cccc(COc3ccc4c(c3)OCO4)c2)C1=O. The number of likely N-dealkylation sites (N-methyl/N-ethyl adjacent to an activating group) is 1. The number of ether oxygens (including phenoxy) is 3. The molecule has 1 N–H and O–H groups in total. The summed E-state index contributed by atoms with van der Waals surface area (Å²) in [6, 6.07) is 13.3. The van der Waals surface area contributed by atoms with E-state index in [0.717, 1.165) is 35.7 Å². The third-order valence-corrected chi connectivity index (χ3v) is 4.44. The highest BCUT2D eigenvalue weighted by atomic mass is 16.7. The molecule has 0 aliphatic carbocycles. The second kappa shape index (κ2) is 6.55. The van der Waals surface area contributed by atoms with Gasteiger partial charge in [-0.25, -0.2) is 0 Å². The molecule has 0 bridgehead atoms. The summed E-state index contributed by atoms with van der Waals surface area (Å²) in [6.45, 7) is 1.48. The van der Waals surface area contributed by atoms with Gasteiger partial charge in [-0.15, -0.1) is 0 Å². The van der Waals surface area contributed by atoms with Gasteiger partial charge in [0.15, 0.2) is 11.5 Å². The van der Waals surface area contributed by atoms with Crippen LogP contribution >= 0.6 is 0 Å². The molecule has 1 unspecified atom stereocenters. The summed E-state index contributed by atoms with van der Waals surface area (Å²) in [5, 5.41) is 3.31. The maximum absolute atomic E-state index is 12.0. The van der Waals surface area contributed by atoms with Crippen molar-refractivity contribution in [1.82, 2.24) is 4.90 Å². The minimum atomic E-state index is -0.143. The molecule has 2 heterocycles. The average molecular weight is 340 g/mol. The molecule has 2 aromatic rings. The van der Waals surface area contributed by atoms with Crippen LogP contribution in [0.3, 0.4) is 0 Å². The van der Waals surface area contributed by atoms with E-state index in [0.29, 0.717) is 12.4 Å². The molecule has 0 saturated carbocycles. The van der Waals surface area contributed by atoms with Crippen molar-refractivity contribution < 1.29 is 19.0 Å². The van der Waals surface area contributed by atoms with E-state index in [1.807, 2.05) is 49.5 Å². The van der Waals surface area contributed by atoms with Gasteiger partial charge < -0.3 is 24.4 Å². The normalized spacial score (nSPS) is 18.5. The third kappa shape index (κ3) is 3.33. The number of anilines is 1. The fourth-order valence-electron chi connectivity index (χ4n) is 3.04. The molecule has 0 aromatic heterocycles. The number of hydrogen-bond donors (Lipinski definition) is 1. The predicted octanol–water partition coefficient (Wildman–Crippen LogP) is 2.64. The highest BCUT2D eigenvalue weighted by Gasteiger charge is 2.28. The lowest BCUT2D eigenvalue weighted by molar-refractivity contribution is -0.127. The molecule has 1 atom stereocenters. The van der Waals surface area contributed by atoms with Gasteiger partial charge in [0.2, 0.25) is 12.7 Å². The van der Waals surface area contributed by atoms with Crippen molar-refractivity contribution in [2.75, 3.05) is 25.7 Å². The van der Waals surface area contributed by atoms with Crippen molar-refractivity contribution in [3.63, 3.8) is 0 Å². The Balaban J connectivity index is 1.39. The smallest absolute Gasteiger partial charge is 0.244 e. The summed E-state index contributed by atoms with van der Waals surface area (Å²) >= 11 is 0. The fraction of sp³-hybridized carbons (Fsp3) is 0.316. The van der Waals surface area contributed by atoms with Crippen LogP contribution in [0.2, 0.25) is 0 Å². The summed E-state index contributed by atoms with van der Waals surface area (Å²) < 4.78 is 16.5. The maximum atomic E-state index is 12.0. The Bertz CT molecular complexity index is 793. The first kappa shape index (κ1) is 15.6. The van der Waals surface area contributed by atoms with E-state index in [-0.39, 0.29) is 18.7 Å². The number of hydrogen-bond acceptors (Lipinski definition) is 5. The molecule has 2 aromatic carbocycles. The molecular weight excluding hydrogens is 320 g/mol. The van der Waals surface area contributed by atoms with Gasteiger partial charge in [0.25, 0.3) is 0 Å². The minimum absolute atomic E-state index is 0.141. The van der Waals surface area contributed by atoms with Gasteiger partial charge in [-0.3, -0.25) is 4.79 Å². The maximum Gasteiger partial charge on any atom is 0.244 e. The van der Waals surface area contributed by atoms with Gasteiger partial charge in [-0.2, -0.15) is 0 Å². The van der Waals surface area contributed by atoms with E-state index < -0.39 is 0 Å². The highest BCUT2D eigenvalue weighted by molar-refractivity contribution is 5.86. The molecular formula is C19H20N2O4. The number of benzene rings is 2. The Morgan fingerprint density at radius 2 is 2.08 bits per heavy atom. The Kier molecular flexibility index (Phi) is 4.09. The van der Waals surface area contributed by atoms with Crippen LogP contribution in [0.25, 0.3) is 0 Å². The first-order chi connectivity index (χ1) is 12.2. The van der Waals surface area contributed by atoms with Crippen molar-refractivity contribution in [3.05, 3.63) is 48.0 Å². The Labute approximate surface area is 146 Å². The lowest BCUT2D eigenvalue weighted by Gasteiger charge is -2.14. The number of carbonyl (C=O) groups is 1. The molecule has 2 aliphatic heterocycles. The van der Waals surface area contributed by atoms with Gasteiger partial charge >= 0.3 is 0 Å². The summed E-state index contributed by atoms with van der Waals surface area (Å²) in [7, 11) is 1.83. The van der Waals surface area contributed by atoms with E-state index >= 15 is 0 Å². The van der Waals surface area contributed by atoms with Crippen LogP contribution in [-0.4, -0.2) is 37.2 Å². The van der Waals surface area contributed by atoms with E-state index in [4.69, 9.17) is 14.2 Å². The van der Waals surface area contributed by atoms with Crippen LogP contribution in [0, 0.1) is 0 Å². The van der Waals surface area contributed by atoms with E-state index in [1.54, 1.807) is 4.90 Å². The molecule has 2 aliphatic rings. The molecule has 130 valence electrons. The van der Waals surface area contributed by atoms with Crippen molar-refractivity contribution in [2.24, 2.45) is 0 Å². The zero-order chi connectivity index (χ0) is 17.2. The number of carbonyl (C=O) groups excluding carboxylic acids is 1. The van der Waals surface area contributed by atoms with Crippen LogP contribution in [0.4, 0.5) is 5.69 Å². The summed E-state index contributed by atoms with van der Waals surface area (Å²) in [6.07, 6.45) is 0.827. The number of amides is 1. The first-order valence-electron chi connectivity index (χ1n) is 8.32. The third-order valence-electron chi connectivity index (χ3n) is 4.44. The van der Waals surface area contributed by atoms with Gasteiger partial charge in [-0.1, -0.05) is 12.1 Å². The molecule has 25 heavy (non-hydrogen) atoms. The number of rotatable bonds is 5. The number of nitrogens with one attached hydrogen (secondary N) is 1. The largest absolute Gasteiger partial charge is 0.489 e. The number of nitrogens with zero attached hydrogens (tertiary/aromatic N) is 1. The van der Waals surface area contributed by atoms with Gasteiger partial charge in [0, 0.05) is 25.3 Å². The van der Waals surface area contributed by atoms with E-state index in [1.165, 1.54) is 0 Å². The van der Waals surface area contributed by atoms with Crippen LogP contribution in [0.1, 0.15) is 12.0 Å². The van der Waals surface area contributed by atoms with Crippen LogP contribution in [0.15, 0.2) is 42.5 Å². The quantitative estimate of drug-likeness (QED) is 0.907. The molecule has 1 saturated heterocycles.